The van der Waals surface area contributed by atoms with Gasteiger partial charge in [-0.15, -0.1) is 12.4 Å². The molecule has 118 valence electrons. The number of amides is 1. The molecule has 0 unspecified atom stereocenters. The number of benzene rings is 1. The summed E-state index contributed by atoms with van der Waals surface area (Å²) in [6, 6.07) is 7.54. The molecule has 1 aliphatic rings. The largest absolute Gasteiger partial charge is 0.352 e. The van der Waals surface area contributed by atoms with Crippen molar-refractivity contribution < 1.29 is 4.79 Å². The molecule has 0 aromatic heterocycles. The standard InChI is InChI=1S/C16H23ClN2O.ClH/c17-14-6-4-13(5-7-14)11-19-15(20)10-16(12-18)8-2-1-3-9-16;/h4-7H,1-3,8-12,18H2,(H,19,20);1H. The van der Waals surface area contributed by atoms with Crippen molar-refractivity contribution in [3.8, 4) is 0 Å². The zero-order valence-electron chi connectivity index (χ0n) is 12.2. The number of hydrogen-bond acceptors (Lipinski definition) is 2. The number of nitrogens with one attached hydrogen (secondary N) is 1. The van der Waals surface area contributed by atoms with Crippen LogP contribution < -0.4 is 11.1 Å². The molecule has 3 nitrogen and oxygen atoms in total. The lowest BCUT2D eigenvalue weighted by molar-refractivity contribution is -0.124. The van der Waals surface area contributed by atoms with Gasteiger partial charge in [-0.3, -0.25) is 4.79 Å². The minimum absolute atomic E-state index is 0. The van der Waals surface area contributed by atoms with Gasteiger partial charge in [-0.05, 0) is 42.5 Å². The van der Waals surface area contributed by atoms with Crippen LogP contribution in [0.25, 0.3) is 0 Å². The van der Waals surface area contributed by atoms with Crippen LogP contribution >= 0.6 is 24.0 Å². The topological polar surface area (TPSA) is 55.1 Å². The molecule has 2 rings (SSSR count). The van der Waals surface area contributed by atoms with Crippen molar-refractivity contribution in [3.63, 3.8) is 0 Å². The Labute approximate surface area is 138 Å². The fourth-order valence-corrected chi connectivity index (χ4v) is 3.09. The third-order valence-corrected chi connectivity index (χ3v) is 4.54. The lowest BCUT2D eigenvalue weighted by atomic mass is 9.71. The maximum absolute atomic E-state index is 12.1. The molecule has 0 radical (unpaired) electrons. The quantitative estimate of drug-likeness (QED) is 0.865. The number of hydrogen-bond donors (Lipinski definition) is 2. The van der Waals surface area contributed by atoms with Crippen molar-refractivity contribution in [3.05, 3.63) is 34.9 Å². The van der Waals surface area contributed by atoms with E-state index in [4.69, 9.17) is 17.3 Å². The highest BCUT2D eigenvalue weighted by Crippen LogP contribution is 2.38. The Morgan fingerprint density at radius 1 is 1.19 bits per heavy atom. The molecular weight excluding hydrogens is 307 g/mol. The fraction of sp³-hybridized carbons (Fsp3) is 0.562. The van der Waals surface area contributed by atoms with E-state index in [1.165, 1.54) is 19.3 Å². The summed E-state index contributed by atoms with van der Waals surface area (Å²) in [5.74, 6) is 0.104. The van der Waals surface area contributed by atoms with Gasteiger partial charge in [-0.1, -0.05) is 43.0 Å². The van der Waals surface area contributed by atoms with E-state index < -0.39 is 0 Å². The maximum atomic E-state index is 12.1. The number of nitrogens with two attached hydrogens (primary N) is 1. The first-order valence-corrected chi connectivity index (χ1v) is 7.73. The van der Waals surface area contributed by atoms with E-state index in [-0.39, 0.29) is 23.7 Å². The average Bonchev–Trinajstić information content (AvgIpc) is 2.47. The Morgan fingerprint density at radius 2 is 1.81 bits per heavy atom. The van der Waals surface area contributed by atoms with Crippen LogP contribution in [-0.2, 0) is 11.3 Å². The number of rotatable bonds is 5. The molecule has 0 atom stereocenters. The average molecular weight is 331 g/mol. The number of halogens is 2. The summed E-state index contributed by atoms with van der Waals surface area (Å²) >= 11 is 5.84. The molecule has 0 heterocycles. The van der Waals surface area contributed by atoms with Crippen LogP contribution in [0, 0.1) is 5.41 Å². The summed E-state index contributed by atoms with van der Waals surface area (Å²) in [7, 11) is 0. The van der Waals surface area contributed by atoms with E-state index in [9.17, 15) is 4.79 Å². The second-order valence-corrected chi connectivity index (χ2v) is 6.28. The van der Waals surface area contributed by atoms with Gasteiger partial charge in [0.2, 0.25) is 5.91 Å². The number of carbonyl (C=O) groups is 1. The van der Waals surface area contributed by atoms with E-state index in [2.05, 4.69) is 5.32 Å². The molecule has 1 aromatic carbocycles. The summed E-state index contributed by atoms with van der Waals surface area (Å²) in [6.45, 7) is 1.16. The van der Waals surface area contributed by atoms with Gasteiger partial charge in [0.25, 0.3) is 0 Å². The van der Waals surface area contributed by atoms with Gasteiger partial charge in [0, 0.05) is 18.0 Å². The van der Waals surface area contributed by atoms with Crippen molar-refractivity contribution in [2.45, 2.75) is 45.1 Å². The second-order valence-electron chi connectivity index (χ2n) is 5.84. The lowest BCUT2D eigenvalue weighted by Crippen LogP contribution is -2.38. The third kappa shape index (κ3) is 5.50. The lowest BCUT2D eigenvalue weighted by Gasteiger charge is -2.35. The van der Waals surface area contributed by atoms with Gasteiger partial charge >= 0.3 is 0 Å². The van der Waals surface area contributed by atoms with Crippen LogP contribution in [0.5, 0.6) is 0 Å². The normalized spacial score (nSPS) is 16.9. The van der Waals surface area contributed by atoms with E-state index in [0.717, 1.165) is 18.4 Å². The minimum atomic E-state index is 0. The first kappa shape index (κ1) is 18.3. The van der Waals surface area contributed by atoms with Gasteiger partial charge < -0.3 is 11.1 Å². The summed E-state index contributed by atoms with van der Waals surface area (Å²) in [6.07, 6.45) is 6.38. The molecule has 1 saturated carbocycles. The minimum Gasteiger partial charge on any atom is -0.352 e. The van der Waals surface area contributed by atoms with Crippen molar-refractivity contribution in [1.82, 2.24) is 5.32 Å². The van der Waals surface area contributed by atoms with E-state index in [1.807, 2.05) is 24.3 Å². The predicted molar refractivity (Wildman–Crippen MR) is 89.7 cm³/mol. The smallest absolute Gasteiger partial charge is 0.220 e. The Hall–Kier alpha value is -0.770. The van der Waals surface area contributed by atoms with Gasteiger partial charge in [0.05, 0.1) is 0 Å². The Kier molecular flexibility index (Phi) is 7.50. The summed E-state index contributed by atoms with van der Waals surface area (Å²) in [5.41, 5.74) is 7.01. The molecule has 1 aliphatic carbocycles. The highest BCUT2D eigenvalue weighted by Gasteiger charge is 2.32. The first-order chi connectivity index (χ1) is 9.63. The molecule has 1 fully saturated rings. The van der Waals surface area contributed by atoms with Crippen LogP contribution in [0.15, 0.2) is 24.3 Å². The highest BCUT2D eigenvalue weighted by atomic mass is 35.5. The first-order valence-electron chi connectivity index (χ1n) is 7.35. The predicted octanol–water partition coefficient (Wildman–Crippen LogP) is 3.68. The number of carbonyl (C=O) groups excluding carboxylic acids is 1. The van der Waals surface area contributed by atoms with Crippen molar-refractivity contribution in [1.29, 1.82) is 0 Å². The SMILES string of the molecule is Cl.NCC1(CC(=O)NCc2ccc(Cl)cc2)CCCCC1. The molecule has 0 saturated heterocycles. The molecule has 0 aliphatic heterocycles. The van der Waals surface area contributed by atoms with Crippen LogP contribution in [0.3, 0.4) is 0 Å². The third-order valence-electron chi connectivity index (χ3n) is 4.29. The van der Waals surface area contributed by atoms with E-state index >= 15 is 0 Å². The summed E-state index contributed by atoms with van der Waals surface area (Å²) in [5, 5.41) is 3.70. The van der Waals surface area contributed by atoms with Crippen LogP contribution in [0.4, 0.5) is 0 Å². The Bertz CT molecular complexity index is 442. The van der Waals surface area contributed by atoms with E-state index in [0.29, 0.717) is 24.5 Å². The monoisotopic (exact) mass is 330 g/mol. The molecular formula is C16H24Cl2N2O. The van der Waals surface area contributed by atoms with Crippen molar-refractivity contribution in [2.24, 2.45) is 11.1 Å². The van der Waals surface area contributed by atoms with Crippen LogP contribution in [0.2, 0.25) is 5.02 Å². The van der Waals surface area contributed by atoms with Gasteiger partial charge in [0.1, 0.15) is 0 Å². The Morgan fingerprint density at radius 3 is 2.38 bits per heavy atom. The molecule has 0 spiro atoms. The zero-order chi connectivity index (χ0) is 14.4. The molecule has 5 heteroatoms. The maximum Gasteiger partial charge on any atom is 0.220 e. The van der Waals surface area contributed by atoms with Gasteiger partial charge in [0.15, 0.2) is 0 Å². The van der Waals surface area contributed by atoms with Crippen molar-refractivity contribution in [2.75, 3.05) is 6.54 Å². The van der Waals surface area contributed by atoms with E-state index in [1.54, 1.807) is 0 Å². The zero-order valence-corrected chi connectivity index (χ0v) is 13.8. The fourth-order valence-electron chi connectivity index (χ4n) is 2.96. The molecule has 1 amide bonds. The molecule has 21 heavy (non-hydrogen) atoms. The molecule has 0 bridgehead atoms. The van der Waals surface area contributed by atoms with Crippen LogP contribution in [0.1, 0.15) is 44.1 Å². The van der Waals surface area contributed by atoms with Gasteiger partial charge in [-0.25, -0.2) is 0 Å². The Balaban J connectivity index is 0.00000220. The summed E-state index contributed by atoms with van der Waals surface area (Å²) in [4.78, 5) is 12.1. The molecule has 3 N–H and O–H groups in total. The van der Waals surface area contributed by atoms with Crippen LogP contribution in [-0.4, -0.2) is 12.5 Å². The summed E-state index contributed by atoms with van der Waals surface area (Å²) < 4.78 is 0. The van der Waals surface area contributed by atoms with Gasteiger partial charge in [-0.2, -0.15) is 0 Å². The molecule has 1 aromatic rings. The second kappa shape index (κ2) is 8.62. The highest BCUT2D eigenvalue weighted by molar-refractivity contribution is 6.30. The van der Waals surface area contributed by atoms with Crippen molar-refractivity contribution >= 4 is 29.9 Å².